The van der Waals surface area contributed by atoms with Gasteiger partial charge in [-0.2, -0.15) is 0 Å². The van der Waals surface area contributed by atoms with Gasteiger partial charge in [0, 0.05) is 29.6 Å². The summed E-state index contributed by atoms with van der Waals surface area (Å²) in [5, 5.41) is 8.19. The minimum Gasteiger partial charge on any atom is -0.497 e. The van der Waals surface area contributed by atoms with Crippen LogP contribution in [0.3, 0.4) is 0 Å². The van der Waals surface area contributed by atoms with E-state index >= 15 is 0 Å². The third-order valence-electron chi connectivity index (χ3n) is 2.82. The normalized spacial score (nSPS) is 11.0. The van der Waals surface area contributed by atoms with Crippen molar-refractivity contribution in [3.63, 3.8) is 0 Å². The molecule has 0 atom stereocenters. The molecule has 3 N–H and O–H groups in total. The van der Waals surface area contributed by atoms with Gasteiger partial charge < -0.3 is 14.8 Å². The Morgan fingerprint density at radius 1 is 0.905 bits per heavy atom. The number of rotatable bonds is 5. The van der Waals surface area contributed by atoms with Crippen LogP contribution >= 0.6 is 0 Å². The summed E-state index contributed by atoms with van der Waals surface area (Å²) in [7, 11) is -0.544. The number of sulfonamides is 1. The smallest absolute Gasteiger partial charge is 0.238 e. The van der Waals surface area contributed by atoms with Gasteiger partial charge in [-0.3, -0.25) is 0 Å². The Morgan fingerprint density at radius 3 is 1.86 bits per heavy atom. The Morgan fingerprint density at radius 2 is 1.43 bits per heavy atom. The van der Waals surface area contributed by atoms with Crippen LogP contribution in [0.5, 0.6) is 11.5 Å². The molecule has 0 bridgehead atoms. The lowest BCUT2D eigenvalue weighted by Crippen LogP contribution is -2.11. The largest absolute Gasteiger partial charge is 0.497 e. The first-order valence-electron chi connectivity index (χ1n) is 6.05. The van der Waals surface area contributed by atoms with Crippen LogP contribution in [0.25, 0.3) is 0 Å². The number of anilines is 2. The maximum absolute atomic E-state index is 11.2. The lowest BCUT2D eigenvalue weighted by atomic mass is 10.2. The lowest BCUT2D eigenvalue weighted by molar-refractivity contribution is 0.395. The van der Waals surface area contributed by atoms with E-state index in [0.29, 0.717) is 11.5 Å². The number of hydrogen-bond donors (Lipinski definition) is 2. The monoisotopic (exact) mass is 308 g/mol. The van der Waals surface area contributed by atoms with Gasteiger partial charge in [-0.1, -0.05) is 0 Å². The first-order chi connectivity index (χ1) is 9.92. The SMILES string of the molecule is COc1cc(Nc2ccc(S(N)(=O)=O)cc2)cc(OC)c1. The van der Waals surface area contributed by atoms with Crippen molar-refractivity contribution in [1.82, 2.24) is 0 Å². The minimum absolute atomic E-state index is 0.0660. The predicted octanol–water partition coefficient (Wildman–Crippen LogP) is 2.09. The Labute approximate surface area is 123 Å². The molecule has 0 amide bonds. The van der Waals surface area contributed by atoms with Crippen molar-refractivity contribution in [2.24, 2.45) is 5.14 Å². The summed E-state index contributed by atoms with van der Waals surface area (Å²) in [6.45, 7) is 0. The highest BCUT2D eigenvalue weighted by molar-refractivity contribution is 7.89. The number of ether oxygens (including phenoxy) is 2. The Hall–Kier alpha value is -2.25. The average molecular weight is 308 g/mol. The summed E-state index contributed by atoms with van der Waals surface area (Å²) in [6.07, 6.45) is 0. The molecule has 0 saturated carbocycles. The first kappa shape index (κ1) is 15.1. The van der Waals surface area contributed by atoms with E-state index in [1.54, 1.807) is 44.6 Å². The number of methoxy groups -OCH3 is 2. The third-order valence-corrected chi connectivity index (χ3v) is 3.75. The van der Waals surface area contributed by atoms with Crippen LogP contribution in [0, 0.1) is 0 Å². The molecule has 0 aromatic heterocycles. The van der Waals surface area contributed by atoms with E-state index in [4.69, 9.17) is 14.6 Å². The Kier molecular flexibility index (Phi) is 4.35. The molecule has 0 saturated heterocycles. The molecule has 2 rings (SSSR count). The molecule has 6 nitrogen and oxygen atoms in total. The number of primary sulfonamides is 1. The maximum Gasteiger partial charge on any atom is 0.238 e. The summed E-state index contributed by atoms with van der Waals surface area (Å²) < 4.78 is 32.8. The molecule has 0 aliphatic heterocycles. The van der Waals surface area contributed by atoms with Gasteiger partial charge in [0.25, 0.3) is 0 Å². The zero-order chi connectivity index (χ0) is 15.5. The molecule has 2 aromatic carbocycles. The summed E-state index contributed by atoms with van der Waals surface area (Å²) >= 11 is 0. The fraction of sp³-hybridized carbons (Fsp3) is 0.143. The Bertz CT molecular complexity index is 705. The molecule has 0 aliphatic carbocycles. The van der Waals surface area contributed by atoms with E-state index in [0.717, 1.165) is 11.4 Å². The summed E-state index contributed by atoms with van der Waals surface area (Å²) in [6, 6.07) is 11.5. The van der Waals surface area contributed by atoms with Gasteiger partial charge in [0.2, 0.25) is 10.0 Å². The van der Waals surface area contributed by atoms with E-state index < -0.39 is 10.0 Å². The molecule has 21 heavy (non-hydrogen) atoms. The predicted molar refractivity (Wildman–Crippen MR) is 80.6 cm³/mol. The highest BCUT2D eigenvalue weighted by atomic mass is 32.2. The molecule has 112 valence electrons. The van der Waals surface area contributed by atoms with Crippen LogP contribution in [0.1, 0.15) is 0 Å². The van der Waals surface area contributed by atoms with Crippen molar-refractivity contribution in [2.45, 2.75) is 4.90 Å². The van der Waals surface area contributed by atoms with Crippen molar-refractivity contribution in [1.29, 1.82) is 0 Å². The van der Waals surface area contributed by atoms with E-state index in [1.165, 1.54) is 12.1 Å². The van der Waals surface area contributed by atoms with Gasteiger partial charge in [0.1, 0.15) is 11.5 Å². The summed E-state index contributed by atoms with van der Waals surface area (Å²) in [4.78, 5) is 0.0660. The third kappa shape index (κ3) is 3.87. The topological polar surface area (TPSA) is 90.6 Å². The van der Waals surface area contributed by atoms with Crippen molar-refractivity contribution in [3.8, 4) is 11.5 Å². The summed E-state index contributed by atoms with van der Waals surface area (Å²) in [5.41, 5.74) is 1.48. The van der Waals surface area contributed by atoms with Crippen LogP contribution in [-0.4, -0.2) is 22.6 Å². The zero-order valence-electron chi connectivity index (χ0n) is 11.7. The second-order valence-electron chi connectivity index (χ2n) is 4.30. The van der Waals surface area contributed by atoms with E-state index in [-0.39, 0.29) is 4.90 Å². The highest BCUT2D eigenvalue weighted by Crippen LogP contribution is 2.28. The van der Waals surface area contributed by atoms with Gasteiger partial charge >= 0.3 is 0 Å². The van der Waals surface area contributed by atoms with E-state index in [1.807, 2.05) is 0 Å². The van der Waals surface area contributed by atoms with Crippen LogP contribution in [0.2, 0.25) is 0 Å². The number of benzene rings is 2. The summed E-state index contributed by atoms with van der Waals surface area (Å²) in [5.74, 6) is 1.30. The van der Waals surface area contributed by atoms with Gasteiger partial charge in [-0.15, -0.1) is 0 Å². The van der Waals surface area contributed by atoms with Gasteiger partial charge in [-0.25, -0.2) is 13.6 Å². The van der Waals surface area contributed by atoms with E-state index in [2.05, 4.69) is 5.32 Å². The van der Waals surface area contributed by atoms with Gasteiger partial charge in [0.05, 0.1) is 19.1 Å². The number of hydrogen-bond acceptors (Lipinski definition) is 5. The van der Waals surface area contributed by atoms with Crippen LogP contribution < -0.4 is 19.9 Å². The highest BCUT2D eigenvalue weighted by Gasteiger charge is 2.07. The van der Waals surface area contributed by atoms with Gasteiger partial charge in [-0.05, 0) is 24.3 Å². The molecule has 0 heterocycles. The van der Waals surface area contributed by atoms with Crippen molar-refractivity contribution in [2.75, 3.05) is 19.5 Å². The first-order valence-corrected chi connectivity index (χ1v) is 7.60. The number of nitrogens with two attached hydrogens (primary N) is 1. The minimum atomic E-state index is -3.68. The fourth-order valence-electron chi connectivity index (χ4n) is 1.77. The second-order valence-corrected chi connectivity index (χ2v) is 5.86. The molecule has 0 aliphatic rings. The lowest BCUT2D eigenvalue weighted by Gasteiger charge is -2.11. The Balaban J connectivity index is 2.25. The van der Waals surface area contributed by atoms with Crippen molar-refractivity contribution < 1.29 is 17.9 Å². The second kappa shape index (κ2) is 6.02. The molecule has 0 spiro atoms. The van der Waals surface area contributed by atoms with Crippen LogP contribution in [-0.2, 0) is 10.0 Å². The van der Waals surface area contributed by atoms with Gasteiger partial charge in [0.15, 0.2) is 0 Å². The van der Waals surface area contributed by atoms with E-state index in [9.17, 15) is 8.42 Å². The molecular weight excluding hydrogens is 292 g/mol. The van der Waals surface area contributed by atoms with Crippen molar-refractivity contribution in [3.05, 3.63) is 42.5 Å². The fourth-order valence-corrected chi connectivity index (χ4v) is 2.29. The van der Waals surface area contributed by atoms with Crippen molar-refractivity contribution >= 4 is 21.4 Å². The van der Waals surface area contributed by atoms with Crippen LogP contribution in [0.15, 0.2) is 47.4 Å². The molecular formula is C14H16N2O4S. The maximum atomic E-state index is 11.2. The molecule has 0 fully saturated rings. The molecule has 2 aromatic rings. The molecule has 7 heteroatoms. The standard InChI is InChI=1S/C14H16N2O4S/c1-19-12-7-11(8-13(9-12)20-2)16-10-3-5-14(6-4-10)21(15,17)18/h3-9,16H,1-2H3,(H2,15,17,18). The van der Waals surface area contributed by atoms with Crippen LogP contribution in [0.4, 0.5) is 11.4 Å². The quantitative estimate of drug-likeness (QED) is 0.882. The molecule has 0 unspecified atom stereocenters. The molecule has 0 radical (unpaired) electrons. The zero-order valence-corrected chi connectivity index (χ0v) is 12.5. The average Bonchev–Trinajstić information content (AvgIpc) is 2.46. The number of nitrogens with one attached hydrogen (secondary N) is 1.